The highest BCUT2D eigenvalue weighted by atomic mass is 79.9. The van der Waals surface area contributed by atoms with Gasteiger partial charge in [-0.05, 0) is 29.5 Å². The molecule has 2 rings (SSSR count). The molecule has 18 heavy (non-hydrogen) atoms. The van der Waals surface area contributed by atoms with Crippen molar-refractivity contribution in [2.24, 2.45) is 0 Å². The maximum absolute atomic E-state index is 3.69. The van der Waals surface area contributed by atoms with Gasteiger partial charge in [-0.2, -0.15) is 0 Å². The van der Waals surface area contributed by atoms with E-state index in [1.807, 2.05) is 0 Å². The van der Waals surface area contributed by atoms with Crippen LogP contribution in [0.4, 0.5) is 0 Å². The van der Waals surface area contributed by atoms with Crippen LogP contribution >= 0.6 is 15.9 Å². The summed E-state index contributed by atoms with van der Waals surface area (Å²) < 4.78 is 1.26. The Bertz CT molecular complexity index is 384. The van der Waals surface area contributed by atoms with Crippen LogP contribution in [0.3, 0.4) is 0 Å². The van der Waals surface area contributed by atoms with Crippen LogP contribution in [-0.2, 0) is 6.42 Å². The fourth-order valence-corrected chi connectivity index (χ4v) is 3.30. The molecule has 1 saturated heterocycles. The van der Waals surface area contributed by atoms with Crippen LogP contribution in [0.5, 0.6) is 0 Å². The minimum atomic E-state index is 0.585. The fraction of sp³-hybridized carbons (Fsp3) is 0.600. The number of rotatable bonds is 4. The molecule has 0 aromatic heterocycles. The minimum Gasteiger partial charge on any atom is -0.314 e. The maximum Gasteiger partial charge on any atom is 0.0212 e. The summed E-state index contributed by atoms with van der Waals surface area (Å²) in [4.78, 5) is 2.54. The lowest BCUT2D eigenvalue weighted by atomic mass is 10.0. The molecule has 1 fully saturated rings. The highest BCUT2D eigenvalue weighted by Gasteiger charge is 2.10. The molecule has 1 N–H and O–H groups in total. The van der Waals surface area contributed by atoms with Crippen molar-refractivity contribution in [1.29, 1.82) is 0 Å². The summed E-state index contributed by atoms with van der Waals surface area (Å²) in [6, 6.07) is 6.83. The molecule has 0 bridgehead atoms. The van der Waals surface area contributed by atoms with Gasteiger partial charge in [0.25, 0.3) is 0 Å². The summed E-state index contributed by atoms with van der Waals surface area (Å²) in [6.45, 7) is 10.3. The highest BCUT2D eigenvalue weighted by molar-refractivity contribution is 9.10. The number of hydrogen-bond donors (Lipinski definition) is 1. The normalized spacial score (nSPS) is 17.3. The predicted molar refractivity (Wildman–Crippen MR) is 81.2 cm³/mol. The zero-order valence-corrected chi connectivity index (χ0v) is 13.0. The van der Waals surface area contributed by atoms with E-state index >= 15 is 0 Å². The molecule has 1 heterocycles. The minimum absolute atomic E-state index is 0.585. The summed E-state index contributed by atoms with van der Waals surface area (Å²) in [7, 11) is 0. The molecular formula is C15H23BrN2. The molecule has 1 aromatic rings. The van der Waals surface area contributed by atoms with Crippen molar-refractivity contribution < 1.29 is 0 Å². The van der Waals surface area contributed by atoms with Crippen LogP contribution in [0.2, 0.25) is 0 Å². The van der Waals surface area contributed by atoms with Gasteiger partial charge in [0.15, 0.2) is 0 Å². The molecule has 0 spiro atoms. The van der Waals surface area contributed by atoms with Gasteiger partial charge in [0.05, 0.1) is 0 Å². The van der Waals surface area contributed by atoms with Gasteiger partial charge in [0.2, 0.25) is 0 Å². The Balaban J connectivity index is 1.91. The van der Waals surface area contributed by atoms with Crippen LogP contribution in [0.25, 0.3) is 0 Å². The molecule has 3 heteroatoms. The second-order valence-electron chi connectivity index (χ2n) is 5.35. The van der Waals surface area contributed by atoms with Gasteiger partial charge in [-0.25, -0.2) is 0 Å². The first-order chi connectivity index (χ1) is 8.66. The van der Waals surface area contributed by atoms with Crippen LogP contribution in [-0.4, -0.2) is 37.6 Å². The smallest absolute Gasteiger partial charge is 0.0212 e. The van der Waals surface area contributed by atoms with E-state index in [1.54, 1.807) is 0 Å². The van der Waals surface area contributed by atoms with E-state index in [0.717, 1.165) is 19.5 Å². The average Bonchev–Trinajstić information content (AvgIpc) is 2.37. The largest absolute Gasteiger partial charge is 0.314 e. The number of piperazine rings is 1. The standard InChI is InChI=1S/C15H23BrN2/c1-12(2)14-4-3-13(11-15(14)16)5-8-18-9-6-17-7-10-18/h3-4,11-12,17H,5-10H2,1-2H3. The van der Waals surface area contributed by atoms with Gasteiger partial charge in [-0.1, -0.05) is 41.9 Å². The molecule has 2 nitrogen and oxygen atoms in total. The van der Waals surface area contributed by atoms with E-state index in [9.17, 15) is 0 Å². The maximum atomic E-state index is 3.69. The number of nitrogens with zero attached hydrogens (tertiary/aromatic N) is 1. The second kappa shape index (κ2) is 6.69. The van der Waals surface area contributed by atoms with Crippen molar-refractivity contribution in [1.82, 2.24) is 10.2 Å². The number of benzene rings is 1. The van der Waals surface area contributed by atoms with Crippen molar-refractivity contribution in [3.05, 3.63) is 33.8 Å². The van der Waals surface area contributed by atoms with Gasteiger partial charge in [-0.3, -0.25) is 0 Å². The van der Waals surface area contributed by atoms with E-state index in [2.05, 4.69) is 58.2 Å². The van der Waals surface area contributed by atoms with Crippen molar-refractivity contribution in [2.45, 2.75) is 26.2 Å². The molecule has 1 aliphatic heterocycles. The molecule has 100 valence electrons. The van der Waals surface area contributed by atoms with Crippen LogP contribution in [0.15, 0.2) is 22.7 Å². The van der Waals surface area contributed by atoms with E-state index < -0.39 is 0 Å². The topological polar surface area (TPSA) is 15.3 Å². The Labute approximate surface area is 119 Å². The van der Waals surface area contributed by atoms with E-state index in [-0.39, 0.29) is 0 Å². The molecular weight excluding hydrogens is 288 g/mol. The first-order valence-corrected chi connectivity index (χ1v) is 7.67. The van der Waals surface area contributed by atoms with Crippen LogP contribution in [0.1, 0.15) is 30.9 Å². The predicted octanol–water partition coefficient (Wildman–Crippen LogP) is 3.02. The molecule has 1 aliphatic rings. The van der Waals surface area contributed by atoms with E-state index in [4.69, 9.17) is 0 Å². The first kappa shape index (κ1) is 14.0. The van der Waals surface area contributed by atoms with Crippen molar-refractivity contribution in [3.63, 3.8) is 0 Å². The molecule has 1 aromatic carbocycles. The third kappa shape index (κ3) is 3.81. The van der Waals surface area contributed by atoms with Gasteiger partial charge in [0.1, 0.15) is 0 Å². The summed E-state index contributed by atoms with van der Waals surface area (Å²) in [5.41, 5.74) is 2.84. The SMILES string of the molecule is CC(C)c1ccc(CCN2CCNCC2)cc1Br. The molecule has 0 atom stereocenters. The second-order valence-corrected chi connectivity index (χ2v) is 6.21. The summed E-state index contributed by atoms with van der Waals surface area (Å²) in [5, 5.41) is 3.39. The van der Waals surface area contributed by atoms with Crippen molar-refractivity contribution >= 4 is 15.9 Å². The van der Waals surface area contributed by atoms with Crippen LogP contribution < -0.4 is 5.32 Å². The number of halogens is 1. The zero-order chi connectivity index (χ0) is 13.0. The molecule has 0 aliphatic carbocycles. The molecule has 0 radical (unpaired) electrons. The molecule has 0 amide bonds. The Hall–Kier alpha value is -0.380. The third-order valence-electron chi connectivity index (χ3n) is 3.61. The Kier molecular flexibility index (Phi) is 5.22. The fourth-order valence-electron chi connectivity index (χ4n) is 2.42. The molecule has 0 saturated carbocycles. The first-order valence-electron chi connectivity index (χ1n) is 6.88. The Morgan fingerprint density at radius 2 is 2.00 bits per heavy atom. The van der Waals surface area contributed by atoms with E-state index in [0.29, 0.717) is 5.92 Å². The zero-order valence-electron chi connectivity index (χ0n) is 11.4. The Morgan fingerprint density at radius 3 is 2.61 bits per heavy atom. The summed E-state index contributed by atoms with van der Waals surface area (Å²) >= 11 is 3.69. The van der Waals surface area contributed by atoms with Gasteiger partial charge < -0.3 is 10.2 Å². The summed E-state index contributed by atoms with van der Waals surface area (Å²) in [5.74, 6) is 0.585. The quantitative estimate of drug-likeness (QED) is 0.919. The summed E-state index contributed by atoms with van der Waals surface area (Å²) in [6.07, 6.45) is 1.15. The molecule has 0 unspecified atom stereocenters. The van der Waals surface area contributed by atoms with E-state index in [1.165, 1.54) is 35.2 Å². The Morgan fingerprint density at radius 1 is 1.28 bits per heavy atom. The van der Waals surface area contributed by atoms with Gasteiger partial charge in [0, 0.05) is 37.2 Å². The monoisotopic (exact) mass is 310 g/mol. The average molecular weight is 311 g/mol. The lowest BCUT2D eigenvalue weighted by Gasteiger charge is -2.27. The third-order valence-corrected chi connectivity index (χ3v) is 4.30. The number of nitrogens with one attached hydrogen (secondary N) is 1. The lowest BCUT2D eigenvalue weighted by Crippen LogP contribution is -2.44. The number of hydrogen-bond acceptors (Lipinski definition) is 2. The van der Waals surface area contributed by atoms with Gasteiger partial charge >= 0.3 is 0 Å². The lowest BCUT2D eigenvalue weighted by molar-refractivity contribution is 0.244. The van der Waals surface area contributed by atoms with Crippen molar-refractivity contribution in [3.8, 4) is 0 Å². The van der Waals surface area contributed by atoms with Gasteiger partial charge in [-0.15, -0.1) is 0 Å². The van der Waals surface area contributed by atoms with Crippen LogP contribution in [0, 0.1) is 0 Å². The highest BCUT2D eigenvalue weighted by Crippen LogP contribution is 2.25. The van der Waals surface area contributed by atoms with Crippen molar-refractivity contribution in [2.75, 3.05) is 32.7 Å².